The van der Waals surface area contributed by atoms with Gasteiger partial charge in [0.05, 0.1) is 17.7 Å². The van der Waals surface area contributed by atoms with Crippen LogP contribution in [0.25, 0.3) is 0 Å². The minimum Gasteiger partial charge on any atom is -0.387 e. The van der Waals surface area contributed by atoms with Crippen molar-refractivity contribution in [1.82, 2.24) is 14.8 Å². The number of benzene rings is 1. The maximum atomic E-state index is 10.2. The molecule has 0 aliphatic rings. The lowest BCUT2D eigenvalue weighted by Crippen LogP contribution is -2.40. The third kappa shape index (κ3) is 5.68. The largest absolute Gasteiger partial charge is 0.387 e. The number of nitrogens with one attached hydrogen (secondary N) is 1. The van der Waals surface area contributed by atoms with Gasteiger partial charge >= 0.3 is 0 Å². The summed E-state index contributed by atoms with van der Waals surface area (Å²) in [5.41, 5.74) is 1.97. The highest BCUT2D eigenvalue weighted by Crippen LogP contribution is 2.14. The Hall–Kier alpha value is -1.25. The van der Waals surface area contributed by atoms with Crippen molar-refractivity contribution in [3.8, 4) is 0 Å². The van der Waals surface area contributed by atoms with Crippen molar-refractivity contribution in [3.63, 3.8) is 0 Å². The van der Waals surface area contributed by atoms with Gasteiger partial charge in [0.15, 0.2) is 5.96 Å². The van der Waals surface area contributed by atoms with Crippen LogP contribution in [0.4, 0.5) is 0 Å². The minimum absolute atomic E-state index is 0. The molecule has 0 fully saturated rings. The van der Waals surface area contributed by atoms with Gasteiger partial charge in [0.2, 0.25) is 0 Å². The van der Waals surface area contributed by atoms with Crippen LogP contribution >= 0.6 is 35.6 Å². The number of hydrogen-bond acceptors (Lipinski definition) is 2. The number of halogens is 2. The summed E-state index contributed by atoms with van der Waals surface area (Å²) in [6.07, 6.45) is 1.30. The molecule has 1 aromatic heterocycles. The average molecular weight is 463 g/mol. The van der Waals surface area contributed by atoms with Gasteiger partial charge in [-0.3, -0.25) is 4.99 Å². The second-order valence-corrected chi connectivity index (χ2v) is 5.91. The molecule has 2 rings (SSSR count). The molecular weight excluding hydrogens is 439 g/mol. The lowest BCUT2D eigenvalue weighted by Gasteiger charge is -2.23. The Morgan fingerprint density at radius 1 is 1.38 bits per heavy atom. The number of rotatable bonds is 5. The lowest BCUT2D eigenvalue weighted by atomic mass is 10.1. The smallest absolute Gasteiger partial charge is 0.193 e. The van der Waals surface area contributed by atoms with Crippen molar-refractivity contribution in [2.75, 3.05) is 20.6 Å². The van der Waals surface area contributed by atoms with Crippen LogP contribution in [0.15, 0.2) is 47.6 Å². The van der Waals surface area contributed by atoms with Crippen LogP contribution in [-0.4, -0.2) is 41.2 Å². The molecule has 0 spiro atoms. The van der Waals surface area contributed by atoms with Gasteiger partial charge in [-0.2, -0.15) is 0 Å². The summed E-state index contributed by atoms with van der Waals surface area (Å²) in [6, 6.07) is 11.5. The maximum Gasteiger partial charge on any atom is 0.193 e. The molecule has 1 atom stereocenters. The fraction of sp³-hybridized carbons (Fsp3) is 0.353. The Bertz CT molecular complexity index is 660. The molecule has 1 aromatic carbocycles. The molecule has 0 aliphatic heterocycles. The Kier molecular flexibility index (Phi) is 8.58. The van der Waals surface area contributed by atoms with E-state index in [1.165, 1.54) is 0 Å². The second-order valence-electron chi connectivity index (χ2n) is 5.47. The van der Waals surface area contributed by atoms with Gasteiger partial charge in [0.1, 0.15) is 0 Å². The number of aliphatic hydroxyl groups excluding tert-OH is 1. The van der Waals surface area contributed by atoms with E-state index in [1.807, 2.05) is 66.2 Å². The van der Waals surface area contributed by atoms with E-state index >= 15 is 0 Å². The van der Waals surface area contributed by atoms with E-state index in [0.29, 0.717) is 13.1 Å². The number of hydrogen-bond donors (Lipinski definition) is 2. The van der Waals surface area contributed by atoms with Crippen molar-refractivity contribution >= 4 is 41.5 Å². The highest BCUT2D eigenvalue weighted by atomic mass is 127. The molecule has 0 bridgehead atoms. The molecule has 0 aliphatic carbocycles. The molecule has 24 heavy (non-hydrogen) atoms. The molecule has 0 amide bonds. The van der Waals surface area contributed by atoms with Crippen molar-refractivity contribution in [2.24, 2.45) is 12.0 Å². The molecule has 2 aromatic rings. The first-order valence-electron chi connectivity index (χ1n) is 7.46. The van der Waals surface area contributed by atoms with Crippen LogP contribution < -0.4 is 5.32 Å². The van der Waals surface area contributed by atoms with Crippen LogP contribution in [-0.2, 0) is 13.6 Å². The van der Waals surface area contributed by atoms with Crippen LogP contribution in [0, 0.1) is 0 Å². The zero-order valence-corrected chi connectivity index (χ0v) is 17.2. The first-order chi connectivity index (χ1) is 11.0. The van der Waals surface area contributed by atoms with E-state index in [-0.39, 0.29) is 24.0 Å². The highest BCUT2D eigenvalue weighted by Gasteiger charge is 2.12. The van der Waals surface area contributed by atoms with Crippen molar-refractivity contribution in [2.45, 2.75) is 12.6 Å². The normalized spacial score (nSPS) is 12.5. The quantitative estimate of drug-likeness (QED) is 0.408. The zero-order chi connectivity index (χ0) is 16.8. The summed E-state index contributed by atoms with van der Waals surface area (Å²) in [6.45, 7) is 1.07. The molecule has 0 saturated carbocycles. The van der Waals surface area contributed by atoms with Crippen LogP contribution in [0.1, 0.15) is 17.4 Å². The molecular formula is C17H24ClIN4O. The maximum absolute atomic E-state index is 10.2. The first-order valence-corrected chi connectivity index (χ1v) is 7.84. The molecule has 132 valence electrons. The Morgan fingerprint density at radius 3 is 2.58 bits per heavy atom. The topological polar surface area (TPSA) is 52.8 Å². The number of nitrogens with zero attached hydrogens (tertiary/aromatic N) is 3. The predicted octanol–water partition coefficient (Wildman–Crippen LogP) is 3.04. The van der Waals surface area contributed by atoms with Gasteiger partial charge in [-0.1, -0.05) is 41.9 Å². The summed E-state index contributed by atoms with van der Waals surface area (Å²) in [5.74, 6) is 0.720. The Labute approximate surface area is 165 Å². The standard InChI is InChI=1S/C17H23ClN4O.HI/c1-19-17(20-10-16(23)13-7-5-4-6-8-13)22(3)12-15-9-14(18)11-21(15)2;/h4-9,11,16,23H,10,12H2,1-3H3,(H,19,20);1H. The number of aromatic nitrogens is 1. The zero-order valence-electron chi connectivity index (χ0n) is 14.1. The van der Waals surface area contributed by atoms with Crippen molar-refractivity contribution in [1.29, 1.82) is 0 Å². The van der Waals surface area contributed by atoms with E-state index in [1.54, 1.807) is 7.05 Å². The Morgan fingerprint density at radius 2 is 2.04 bits per heavy atom. The van der Waals surface area contributed by atoms with Crippen molar-refractivity contribution in [3.05, 3.63) is 58.9 Å². The van der Waals surface area contributed by atoms with Crippen molar-refractivity contribution < 1.29 is 5.11 Å². The summed E-state index contributed by atoms with van der Waals surface area (Å²) in [5, 5.41) is 14.1. The lowest BCUT2D eigenvalue weighted by molar-refractivity contribution is 0.179. The SMILES string of the molecule is CN=C(NCC(O)c1ccccc1)N(C)Cc1cc(Cl)cn1C.I. The molecule has 7 heteroatoms. The monoisotopic (exact) mass is 462 g/mol. The average Bonchev–Trinajstić information content (AvgIpc) is 2.86. The molecule has 5 nitrogen and oxygen atoms in total. The highest BCUT2D eigenvalue weighted by molar-refractivity contribution is 14.0. The van der Waals surface area contributed by atoms with E-state index in [9.17, 15) is 5.11 Å². The number of aryl methyl sites for hydroxylation is 1. The third-order valence-corrected chi connectivity index (χ3v) is 3.89. The summed E-state index contributed by atoms with van der Waals surface area (Å²) in [4.78, 5) is 6.25. The van der Waals surface area contributed by atoms with Gasteiger partial charge < -0.3 is 19.9 Å². The van der Waals surface area contributed by atoms with Crippen LogP contribution in [0.5, 0.6) is 0 Å². The third-order valence-electron chi connectivity index (χ3n) is 3.68. The summed E-state index contributed by atoms with van der Waals surface area (Å²) >= 11 is 6.01. The van der Waals surface area contributed by atoms with Gasteiger partial charge in [-0.15, -0.1) is 24.0 Å². The number of aliphatic hydroxyl groups is 1. The predicted molar refractivity (Wildman–Crippen MR) is 110 cm³/mol. The molecule has 1 unspecified atom stereocenters. The van der Waals surface area contributed by atoms with E-state index < -0.39 is 6.10 Å². The fourth-order valence-corrected chi connectivity index (χ4v) is 2.68. The molecule has 2 N–H and O–H groups in total. The van der Waals surface area contributed by atoms with E-state index in [4.69, 9.17) is 11.6 Å². The van der Waals surface area contributed by atoms with Gasteiger partial charge in [-0.25, -0.2) is 0 Å². The first kappa shape index (κ1) is 20.8. The Balaban J connectivity index is 0.00000288. The van der Waals surface area contributed by atoms with Gasteiger partial charge in [0.25, 0.3) is 0 Å². The van der Waals surface area contributed by atoms with Gasteiger partial charge in [-0.05, 0) is 11.6 Å². The number of aliphatic imine (C=N–C) groups is 1. The van der Waals surface area contributed by atoms with E-state index in [0.717, 1.165) is 22.2 Å². The van der Waals surface area contributed by atoms with E-state index in [2.05, 4.69) is 10.3 Å². The minimum atomic E-state index is -0.578. The summed E-state index contributed by atoms with van der Waals surface area (Å²) in [7, 11) is 5.64. The fourth-order valence-electron chi connectivity index (χ4n) is 2.41. The number of guanidine groups is 1. The summed E-state index contributed by atoms with van der Waals surface area (Å²) < 4.78 is 1.99. The second kappa shape index (κ2) is 9.90. The molecule has 0 radical (unpaired) electrons. The van der Waals surface area contributed by atoms with Gasteiger partial charge in [0, 0.05) is 39.6 Å². The van der Waals surface area contributed by atoms with Crippen LogP contribution in [0.3, 0.4) is 0 Å². The molecule has 1 heterocycles. The molecule has 0 saturated heterocycles. The van der Waals surface area contributed by atoms with Crippen LogP contribution in [0.2, 0.25) is 5.02 Å².